The summed E-state index contributed by atoms with van der Waals surface area (Å²) in [5, 5.41) is 2.71. The van der Waals surface area contributed by atoms with Gasteiger partial charge in [-0.15, -0.1) is 0 Å². The topological polar surface area (TPSA) is 38.3 Å². The maximum atomic E-state index is 10.9. The van der Waals surface area contributed by atoms with E-state index in [-0.39, 0.29) is 12.0 Å². The Balaban J connectivity index is 2.51. The third-order valence-electron chi connectivity index (χ3n) is 1.95. The van der Waals surface area contributed by atoms with Gasteiger partial charge in [0.15, 0.2) is 0 Å². The lowest BCUT2D eigenvalue weighted by Crippen LogP contribution is -2.19. The van der Waals surface area contributed by atoms with Crippen LogP contribution in [0.1, 0.15) is 19.4 Å². The monoisotopic (exact) mass is 219 g/mol. The van der Waals surface area contributed by atoms with Gasteiger partial charge in [-0.3, -0.25) is 4.79 Å². The molecular formula is C13H17NO2. The highest BCUT2D eigenvalue weighted by molar-refractivity contribution is 5.86. The lowest BCUT2D eigenvalue weighted by atomic mass is 10.2. The largest absolute Gasteiger partial charge is 0.491 e. The molecule has 0 aliphatic carbocycles. The molecule has 0 bridgehead atoms. The molecule has 0 radical (unpaired) electrons. The van der Waals surface area contributed by atoms with Crippen molar-refractivity contribution < 1.29 is 9.53 Å². The quantitative estimate of drug-likeness (QED) is 0.771. The van der Waals surface area contributed by atoms with Crippen molar-refractivity contribution in [2.24, 2.45) is 0 Å². The first kappa shape index (κ1) is 12.3. The van der Waals surface area contributed by atoms with Gasteiger partial charge in [0.05, 0.1) is 6.10 Å². The van der Waals surface area contributed by atoms with Gasteiger partial charge >= 0.3 is 0 Å². The molecule has 3 nitrogen and oxygen atoms in total. The highest BCUT2D eigenvalue weighted by Gasteiger charge is 1.99. The molecule has 1 rings (SSSR count). The zero-order valence-corrected chi connectivity index (χ0v) is 9.69. The number of rotatable bonds is 5. The van der Waals surface area contributed by atoms with Crippen LogP contribution in [0.25, 0.3) is 0 Å². The molecule has 1 aromatic rings. The van der Waals surface area contributed by atoms with E-state index in [0.717, 1.165) is 11.3 Å². The van der Waals surface area contributed by atoms with Gasteiger partial charge in [-0.25, -0.2) is 0 Å². The third kappa shape index (κ3) is 4.17. The van der Waals surface area contributed by atoms with Gasteiger partial charge in [-0.1, -0.05) is 18.7 Å². The van der Waals surface area contributed by atoms with Crippen molar-refractivity contribution in [2.45, 2.75) is 26.5 Å². The van der Waals surface area contributed by atoms with E-state index in [1.807, 2.05) is 38.1 Å². The molecule has 0 saturated heterocycles. The normalized spacial score (nSPS) is 9.94. The number of hydrogen-bond acceptors (Lipinski definition) is 2. The summed E-state index contributed by atoms with van der Waals surface area (Å²) in [5.41, 5.74) is 1.03. The first-order valence-corrected chi connectivity index (χ1v) is 5.27. The van der Waals surface area contributed by atoms with Crippen LogP contribution < -0.4 is 10.1 Å². The van der Waals surface area contributed by atoms with Crippen LogP contribution in [0.4, 0.5) is 0 Å². The number of ether oxygens (including phenoxy) is 1. The minimum Gasteiger partial charge on any atom is -0.491 e. The van der Waals surface area contributed by atoms with Crippen molar-refractivity contribution in [1.29, 1.82) is 0 Å². The number of carbonyl (C=O) groups is 1. The molecule has 0 unspecified atom stereocenters. The molecule has 1 amide bonds. The van der Waals surface area contributed by atoms with E-state index in [2.05, 4.69) is 11.9 Å². The molecule has 0 aromatic heterocycles. The van der Waals surface area contributed by atoms with Crippen LogP contribution >= 0.6 is 0 Å². The fourth-order valence-corrected chi connectivity index (χ4v) is 1.22. The molecule has 0 atom stereocenters. The lowest BCUT2D eigenvalue weighted by molar-refractivity contribution is -0.116. The van der Waals surface area contributed by atoms with Crippen molar-refractivity contribution in [3.63, 3.8) is 0 Å². The molecule has 3 heteroatoms. The summed E-state index contributed by atoms with van der Waals surface area (Å²) in [7, 11) is 0. The van der Waals surface area contributed by atoms with Gasteiger partial charge in [0.25, 0.3) is 0 Å². The van der Waals surface area contributed by atoms with Crippen LogP contribution in [0.3, 0.4) is 0 Å². The second kappa shape index (κ2) is 5.95. The minimum atomic E-state index is -0.164. The summed E-state index contributed by atoms with van der Waals surface area (Å²) in [4.78, 5) is 10.9. The first-order valence-electron chi connectivity index (χ1n) is 5.27. The van der Waals surface area contributed by atoms with Crippen molar-refractivity contribution >= 4 is 5.91 Å². The molecule has 16 heavy (non-hydrogen) atoms. The maximum absolute atomic E-state index is 10.9. The molecule has 86 valence electrons. The van der Waals surface area contributed by atoms with E-state index >= 15 is 0 Å². The fraction of sp³-hybridized carbons (Fsp3) is 0.308. The van der Waals surface area contributed by atoms with Crippen molar-refractivity contribution in [3.8, 4) is 5.75 Å². The van der Waals surface area contributed by atoms with Crippen molar-refractivity contribution in [2.75, 3.05) is 0 Å². The van der Waals surface area contributed by atoms with Crippen LogP contribution in [-0.4, -0.2) is 12.0 Å². The maximum Gasteiger partial charge on any atom is 0.243 e. The molecule has 1 N–H and O–H groups in total. The highest BCUT2D eigenvalue weighted by Crippen LogP contribution is 2.13. The Labute approximate surface area is 96.1 Å². The number of carbonyl (C=O) groups excluding carboxylic acids is 1. The Morgan fingerprint density at radius 3 is 2.56 bits per heavy atom. The van der Waals surface area contributed by atoms with Crippen LogP contribution in [0.5, 0.6) is 5.75 Å². The van der Waals surface area contributed by atoms with Crippen molar-refractivity contribution in [3.05, 3.63) is 42.5 Å². The fourth-order valence-electron chi connectivity index (χ4n) is 1.22. The van der Waals surface area contributed by atoms with Crippen LogP contribution in [0.15, 0.2) is 36.9 Å². The molecule has 1 aromatic carbocycles. The highest BCUT2D eigenvalue weighted by atomic mass is 16.5. The van der Waals surface area contributed by atoms with Gasteiger partial charge in [-0.2, -0.15) is 0 Å². The first-order chi connectivity index (χ1) is 7.61. The SMILES string of the molecule is C=CC(=O)NCc1ccc(OC(C)C)cc1. The number of amides is 1. The number of hydrogen-bond donors (Lipinski definition) is 1. The number of benzene rings is 1. The lowest BCUT2D eigenvalue weighted by Gasteiger charge is -2.10. The smallest absolute Gasteiger partial charge is 0.243 e. The van der Waals surface area contributed by atoms with Crippen LogP contribution in [0.2, 0.25) is 0 Å². The number of nitrogens with one attached hydrogen (secondary N) is 1. The predicted octanol–water partition coefficient (Wildman–Crippen LogP) is 2.28. The van der Waals surface area contributed by atoms with Gasteiger partial charge in [0.2, 0.25) is 5.91 Å². The van der Waals surface area contributed by atoms with E-state index in [4.69, 9.17) is 4.74 Å². The molecule has 0 aliphatic rings. The third-order valence-corrected chi connectivity index (χ3v) is 1.95. The van der Waals surface area contributed by atoms with E-state index < -0.39 is 0 Å². The summed E-state index contributed by atoms with van der Waals surface area (Å²) in [6, 6.07) is 7.66. The standard InChI is InChI=1S/C13H17NO2/c1-4-13(15)14-9-11-5-7-12(8-6-11)16-10(2)3/h4-8,10H,1,9H2,2-3H3,(H,14,15). The van der Waals surface area contributed by atoms with Crippen molar-refractivity contribution in [1.82, 2.24) is 5.32 Å². The van der Waals surface area contributed by atoms with E-state index in [9.17, 15) is 4.79 Å². The Hall–Kier alpha value is -1.77. The zero-order chi connectivity index (χ0) is 12.0. The second-order valence-corrected chi connectivity index (χ2v) is 3.73. The summed E-state index contributed by atoms with van der Waals surface area (Å²) >= 11 is 0. The zero-order valence-electron chi connectivity index (χ0n) is 9.69. The van der Waals surface area contributed by atoms with Gasteiger partial charge in [-0.05, 0) is 37.6 Å². The molecule has 0 aliphatic heterocycles. The molecular weight excluding hydrogens is 202 g/mol. The average Bonchev–Trinajstić information content (AvgIpc) is 2.27. The molecule has 0 spiro atoms. The van der Waals surface area contributed by atoms with Gasteiger partial charge < -0.3 is 10.1 Å². The Morgan fingerprint density at radius 2 is 2.06 bits per heavy atom. The van der Waals surface area contributed by atoms with E-state index in [1.54, 1.807) is 0 Å². The predicted molar refractivity (Wildman–Crippen MR) is 64.2 cm³/mol. The van der Waals surface area contributed by atoms with Crippen LogP contribution in [-0.2, 0) is 11.3 Å². The van der Waals surface area contributed by atoms with Gasteiger partial charge in [0.1, 0.15) is 5.75 Å². The molecule has 0 fully saturated rings. The summed E-state index contributed by atoms with van der Waals surface area (Å²) < 4.78 is 5.51. The average molecular weight is 219 g/mol. The van der Waals surface area contributed by atoms with E-state index in [0.29, 0.717) is 6.54 Å². The molecule has 0 saturated carbocycles. The van der Waals surface area contributed by atoms with Crippen LogP contribution in [0, 0.1) is 0 Å². The summed E-state index contributed by atoms with van der Waals surface area (Å²) in [5.74, 6) is 0.677. The Kier molecular flexibility index (Phi) is 4.58. The minimum absolute atomic E-state index is 0.164. The molecule has 0 heterocycles. The Bertz CT molecular complexity index is 355. The van der Waals surface area contributed by atoms with Gasteiger partial charge in [0, 0.05) is 6.54 Å². The summed E-state index contributed by atoms with van der Waals surface area (Å²) in [6.45, 7) is 7.86. The van der Waals surface area contributed by atoms with E-state index in [1.165, 1.54) is 6.08 Å². The summed E-state index contributed by atoms with van der Waals surface area (Å²) in [6.07, 6.45) is 1.43. The second-order valence-electron chi connectivity index (χ2n) is 3.73. The Morgan fingerprint density at radius 1 is 1.44 bits per heavy atom.